The molecular weight excluding hydrogens is 432 g/mol. The average Bonchev–Trinajstić information content (AvgIpc) is 2.63. The first-order valence-electron chi connectivity index (χ1n) is 11.6. The highest BCUT2D eigenvalue weighted by atomic mass is 28.4. The van der Waals surface area contributed by atoms with Gasteiger partial charge in [-0.05, 0) is 49.1 Å². The molecule has 1 rings (SSSR count). The number of rotatable bonds is 10. The third kappa shape index (κ3) is 7.06. The molecule has 0 aromatic carbocycles. The lowest BCUT2D eigenvalue weighted by Crippen LogP contribution is -2.45. The summed E-state index contributed by atoms with van der Waals surface area (Å²) in [6.07, 6.45) is 3.50. The van der Waals surface area contributed by atoms with Crippen LogP contribution in [0.5, 0.6) is 5.75 Å². The summed E-state index contributed by atoms with van der Waals surface area (Å²) in [6.45, 7) is 32.1. The van der Waals surface area contributed by atoms with E-state index in [2.05, 4.69) is 80.9 Å². The van der Waals surface area contributed by atoms with Gasteiger partial charge in [0.1, 0.15) is 5.76 Å². The fraction of sp³-hybridized carbons (Fsp3) is 0.654. The maximum atomic E-state index is 13.3. The second kappa shape index (κ2) is 10.3. The molecule has 1 aromatic heterocycles. The van der Waals surface area contributed by atoms with Crippen LogP contribution in [0, 0.1) is 0 Å². The first kappa shape index (κ1) is 28.7. The van der Waals surface area contributed by atoms with Gasteiger partial charge >= 0.3 is 0 Å². The molecule has 0 spiro atoms. The van der Waals surface area contributed by atoms with Gasteiger partial charge in [0.2, 0.25) is 5.43 Å². The molecule has 1 aromatic rings. The Bertz CT molecular complexity index is 867. The Kier molecular flexibility index (Phi) is 9.19. The van der Waals surface area contributed by atoms with Crippen molar-refractivity contribution in [2.75, 3.05) is 0 Å². The molecule has 4 nitrogen and oxygen atoms in total. The molecule has 1 atom stereocenters. The van der Waals surface area contributed by atoms with Crippen LogP contribution in [0.25, 0.3) is 0 Å². The van der Waals surface area contributed by atoms with E-state index in [0.29, 0.717) is 17.3 Å². The van der Waals surface area contributed by atoms with Gasteiger partial charge < -0.3 is 13.3 Å². The predicted octanol–water partition coefficient (Wildman–Crippen LogP) is 8.17. The Morgan fingerprint density at radius 3 is 2.09 bits per heavy atom. The lowest BCUT2D eigenvalue weighted by atomic mass is 9.95. The highest BCUT2D eigenvalue weighted by molar-refractivity contribution is 6.75. The fourth-order valence-corrected chi connectivity index (χ4v) is 4.53. The van der Waals surface area contributed by atoms with Gasteiger partial charge in [0.25, 0.3) is 8.32 Å². The van der Waals surface area contributed by atoms with Gasteiger partial charge in [-0.15, -0.1) is 6.58 Å². The molecule has 0 radical (unpaired) electrons. The first-order chi connectivity index (χ1) is 14.3. The topological polar surface area (TPSA) is 48.7 Å². The normalized spacial score (nSPS) is 14.2. The number of allylic oxidation sites excluding steroid dienone is 2. The van der Waals surface area contributed by atoms with Crippen molar-refractivity contribution in [2.24, 2.45) is 0 Å². The quantitative estimate of drug-likeness (QED) is 0.251. The molecular formula is C26H46O4Si2. The summed E-state index contributed by atoms with van der Waals surface area (Å²) in [5, 5.41) is 0.0394. The van der Waals surface area contributed by atoms with Gasteiger partial charge in [0, 0.05) is 12.0 Å². The van der Waals surface area contributed by atoms with Crippen LogP contribution in [-0.4, -0.2) is 16.6 Å². The second-order valence-corrected chi connectivity index (χ2v) is 21.4. The van der Waals surface area contributed by atoms with Crippen molar-refractivity contribution in [3.8, 4) is 5.75 Å². The Morgan fingerprint density at radius 1 is 1.09 bits per heavy atom. The summed E-state index contributed by atoms with van der Waals surface area (Å²) in [5.41, 5.74) is 0.851. The Hall–Kier alpha value is -1.38. The monoisotopic (exact) mass is 478 g/mol. The summed E-state index contributed by atoms with van der Waals surface area (Å²) in [6, 6.07) is 1.54. The van der Waals surface area contributed by atoms with Crippen molar-refractivity contribution in [3.05, 3.63) is 52.6 Å². The van der Waals surface area contributed by atoms with Gasteiger partial charge in [0.05, 0.1) is 6.61 Å². The highest BCUT2D eigenvalue weighted by Crippen LogP contribution is 2.40. The van der Waals surface area contributed by atoms with E-state index in [1.165, 1.54) is 0 Å². The van der Waals surface area contributed by atoms with E-state index in [9.17, 15) is 4.79 Å². The Balaban J connectivity index is 3.46. The van der Waals surface area contributed by atoms with Gasteiger partial charge in [0.15, 0.2) is 19.8 Å². The van der Waals surface area contributed by atoms with E-state index in [1.807, 2.05) is 13.0 Å². The van der Waals surface area contributed by atoms with Crippen LogP contribution >= 0.6 is 0 Å². The molecule has 0 aliphatic carbocycles. The molecule has 0 saturated carbocycles. The van der Waals surface area contributed by atoms with Gasteiger partial charge in [-0.25, -0.2) is 0 Å². The molecule has 0 N–H and O–H groups in total. The van der Waals surface area contributed by atoms with E-state index in [0.717, 1.165) is 18.4 Å². The molecule has 0 bridgehead atoms. The van der Waals surface area contributed by atoms with Crippen LogP contribution in [0.3, 0.4) is 0 Å². The van der Waals surface area contributed by atoms with Crippen molar-refractivity contribution in [3.63, 3.8) is 0 Å². The summed E-state index contributed by atoms with van der Waals surface area (Å²) in [7, 11) is -4.22. The number of hydrogen-bond acceptors (Lipinski definition) is 4. The first-order valence-corrected chi connectivity index (χ1v) is 17.4. The van der Waals surface area contributed by atoms with E-state index >= 15 is 0 Å². The van der Waals surface area contributed by atoms with Crippen LogP contribution in [0.4, 0.5) is 0 Å². The molecule has 1 unspecified atom stereocenters. The maximum absolute atomic E-state index is 13.3. The smallest absolute Gasteiger partial charge is 0.250 e. The Morgan fingerprint density at radius 2 is 1.62 bits per heavy atom. The second-order valence-electron chi connectivity index (χ2n) is 11.9. The van der Waals surface area contributed by atoms with Crippen LogP contribution in [0.1, 0.15) is 78.7 Å². The van der Waals surface area contributed by atoms with E-state index in [1.54, 1.807) is 6.07 Å². The van der Waals surface area contributed by atoms with Crippen molar-refractivity contribution < 1.29 is 13.3 Å². The lowest BCUT2D eigenvalue weighted by Gasteiger charge is -2.37. The van der Waals surface area contributed by atoms with E-state index in [-0.39, 0.29) is 28.0 Å². The minimum absolute atomic E-state index is 0.0378. The molecule has 0 amide bonds. The summed E-state index contributed by atoms with van der Waals surface area (Å²) in [4.78, 5) is 13.3. The molecule has 1 heterocycles. The highest BCUT2D eigenvalue weighted by Gasteiger charge is 2.41. The lowest BCUT2D eigenvalue weighted by molar-refractivity contribution is 0.235. The van der Waals surface area contributed by atoms with Crippen LogP contribution < -0.4 is 9.85 Å². The zero-order valence-electron chi connectivity index (χ0n) is 22.4. The molecule has 32 heavy (non-hydrogen) atoms. The largest absolute Gasteiger partial charge is 0.539 e. The van der Waals surface area contributed by atoms with Crippen molar-refractivity contribution in [1.82, 2.24) is 0 Å². The molecule has 6 heteroatoms. The predicted molar refractivity (Wildman–Crippen MR) is 142 cm³/mol. The van der Waals surface area contributed by atoms with Gasteiger partial charge in [-0.3, -0.25) is 4.79 Å². The fourth-order valence-electron chi connectivity index (χ4n) is 2.57. The molecule has 182 valence electrons. The summed E-state index contributed by atoms with van der Waals surface area (Å²) < 4.78 is 19.2. The zero-order chi connectivity index (χ0) is 25.1. The van der Waals surface area contributed by atoms with Crippen LogP contribution in [0.2, 0.25) is 36.3 Å². The minimum Gasteiger partial charge on any atom is -0.539 e. The average molecular weight is 479 g/mol. The summed E-state index contributed by atoms with van der Waals surface area (Å²) in [5.74, 6) is 1.29. The van der Waals surface area contributed by atoms with Gasteiger partial charge in [-0.1, -0.05) is 66.7 Å². The summed E-state index contributed by atoms with van der Waals surface area (Å²) >= 11 is 0. The molecule has 0 aliphatic rings. The SMILES string of the molecule is C=CCCC(=C)C(C)c1oc(CO[Si](C)(C)C(C)(C)C)cc(=O)c1O[Si](C)(C)C(C)(C)C. The number of hydrogen-bond donors (Lipinski definition) is 0. The molecule has 0 fully saturated rings. The Labute approximate surface area is 198 Å². The van der Waals surface area contributed by atoms with Crippen LogP contribution in [0.15, 0.2) is 40.1 Å². The minimum atomic E-state index is -2.24. The third-order valence-corrected chi connectivity index (χ3v) is 16.0. The molecule has 0 aliphatic heterocycles. The van der Waals surface area contributed by atoms with E-state index < -0.39 is 16.6 Å². The standard InChI is InChI=1S/C26H46O4Si2/c1-14-15-16-19(2)20(3)23-24(30-32(12,13)26(7,8)9)22(27)17-21(29-23)18-28-31(10,11)25(4,5)6/h14,17,20H,1-2,15-16,18H2,3-13H3. The van der Waals surface area contributed by atoms with Crippen LogP contribution in [-0.2, 0) is 11.0 Å². The van der Waals surface area contributed by atoms with Crippen molar-refractivity contribution >= 4 is 16.6 Å². The van der Waals surface area contributed by atoms with Crippen molar-refractivity contribution in [2.45, 2.75) is 110 Å². The van der Waals surface area contributed by atoms with Gasteiger partial charge in [-0.2, -0.15) is 0 Å². The van der Waals surface area contributed by atoms with E-state index in [4.69, 9.17) is 13.3 Å². The zero-order valence-corrected chi connectivity index (χ0v) is 24.4. The third-order valence-electron chi connectivity index (χ3n) is 7.20. The van der Waals surface area contributed by atoms with Crippen molar-refractivity contribution in [1.29, 1.82) is 0 Å². The molecule has 0 saturated heterocycles. The maximum Gasteiger partial charge on any atom is 0.250 e.